The third-order valence-corrected chi connectivity index (χ3v) is 2.47. The number of rotatable bonds is 4. The number of ether oxygens (including phenoxy) is 1. The molecule has 0 aromatic heterocycles. The smallest absolute Gasteiger partial charge is 0.336 e. The van der Waals surface area contributed by atoms with Crippen molar-refractivity contribution in [2.45, 2.75) is 0 Å². The van der Waals surface area contributed by atoms with Crippen molar-refractivity contribution in [3.8, 4) is 5.75 Å². The monoisotopic (exact) mass is 252 g/mol. The summed E-state index contributed by atoms with van der Waals surface area (Å²) in [5.74, 6) is -0.252. The molecule has 0 unspecified atom stereocenters. The Hall–Kier alpha value is -2.68. The predicted octanol–water partition coefficient (Wildman–Crippen LogP) is 3.12. The van der Waals surface area contributed by atoms with Gasteiger partial charge in [-0.2, -0.15) is 0 Å². The van der Waals surface area contributed by atoms with E-state index in [0.29, 0.717) is 11.8 Å². The first kappa shape index (κ1) is 12.8. The maximum atomic E-state index is 11.6. The number of aldehydes is 1. The van der Waals surface area contributed by atoms with Crippen molar-refractivity contribution in [1.29, 1.82) is 0 Å². The summed E-state index contributed by atoms with van der Waals surface area (Å²) in [7, 11) is 0. The van der Waals surface area contributed by atoms with Gasteiger partial charge in [0.25, 0.3) is 0 Å². The summed E-state index contributed by atoms with van der Waals surface area (Å²) in [5.41, 5.74) is 1.26. The third-order valence-electron chi connectivity index (χ3n) is 2.47. The van der Waals surface area contributed by atoms with Crippen molar-refractivity contribution >= 4 is 18.3 Å². The van der Waals surface area contributed by atoms with Crippen molar-refractivity contribution in [3.63, 3.8) is 0 Å². The van der Waals surface area contributed by atoms with Gasteiger partial charge in [-0.3, -0.25) is 4.79 Å². The number of carbonyl (C=O) groups excluding carboxylic acids is 2. The van der Waals surface area contributed by atoms with Crippen molar-refractivity contribution < 1.29 is 14.3 Å². The topological polar surface area (TPSA) is 43.4 Å². The van der Waals surface area contributed by atoms with Gasteiger partial charge in [0.15, 0.2) is 6.29 Å². The van der Waals surface area contributed by atoms with Crippen molar-refractivity contribution in [2.24, 2.45) is 0 Å². The van der Waals surface area contributed by atoms with Crippen LogP contribution >= 0.6 is 0 Å². The quantitative estimate of drug-likeness (QED) is 0.363. The molecular weight excluding hydrogens is 240 g/mol. The second-order valence-corrected chi connectivity index (χ2v) is 3.82. The summed E-state index contributed by atoms with van der Waals surface area (Å²) in [6.07, 6.45) is 3.65. The lowest BCUT2D eigenvalue weighted by atomic mass is 10.2. The van der Waals surface area contributed by atoms with Crippen LogP contribution in [0.3, 0.4) is 0 Å². The van der Waals surface area contributed by atoms with E-state index in [0.717, 1.165) is 5.56 Å². The van der Waals surface area contributed by atoms with E-state index in [1.807, 2.05) is 30.3 Å². The molecule has 94 valence electrons. The van der Waals surface area contributed by atoms with Crippen LogP contribution in [0.2, 0.25) is 0 Å². The Kier molecular flexibility index (Phi) is 4.24. The molecule has 2 rings (SSSR count). The maximum absolute atomic E-state index is 11.6. The van der Waals surface area contributed by atoms with E-state index < -0.39 is 5.97 Å². The average molecular weight is 252 g/mol. The fraction of sp³-hybridized carbons (Fsp3) is 0. The summed E-state index contributed by atoms with van der Waals surface area (Å²) in [4.78, 5) is 22.4. The van der Waals surface area contributed by atoms with Crippen LogP contribution in [-0.4, -0.2) is 12.3 Å². The number of carbonyl (C=O) groups is 2. The molecule has 3 heteroatoms. The maximum Gasteiger partial charge on any atom is 0.336 e. The highest BCUT2D eigenvalue weighted by molar-refractivity contribution is 5.90. The highest BCUT2D eigenvalue weighted by atomic mass is 16.5. The van der Waals surface area contributed by atoms with Crippen LogP contribution in [0.4, 0.5) is 0 Å². The van der Waals surface area contributed by atoms with Crippen molar-refractivity contribution in [1.82, 2.24) is 0 Å². The lowest BCUT2D eigenvalue weighted by molar-refractivity contribution is -0.128. The minimum absolute atomic E-state index is 0.264. The molecule has 0 aliphatic rings. The molecule has 3 nitrogen and oxygen atoms in total. The van der Waals surface area contributed by atoms with Crippen molar-refractivity contribution in [2.75, 3.05) is 0 Å². The Balaban J connectivity index is 2.06. The SMILES string of the molecule is O=Cc1ccccc1OC(=O)C=Cc1ccccc1. The number of para-hydroxylation sites is 1. The molecule has 0 fully saturated rings. The van der Waals surface area contributed by atoms with E-state index in [9.17, 15) is 9.59 Å². The third kappa shape index (κ3) is 3.64. The summed E-state index contributed by atoms with van der Waals surface area (Å²) in [6.45, 7) is 0. The van der Waals surface area contributed by atoms with Crippen LogP contribution in [-0.2, 0) is 4.79 Å². The minimum atomic E-state index is -0.516. The number of hydrogen-bond acceptors (Lipinski definition) is 3. The van der Waals surface area contributed by atoms with E-state index in [2.05, 4.69) is 0 Å². The molecule has 0 atom stereocenters. The molecule has 0 saturated heterocycles. The van der Waals surface area contributed by atoms with Gasteiger partial charge in [0.05, 0.1) is 5.56 Å². The van der Waals surface area contributed by atoms with Crippen LogP contribution < -0.4 is 4.74 Å². The van der Waals surface area contributed by atoms with Crippen LogP contribution in [0.5, 0.6) is 5.75 Å². The van der Waals surface area contributed by atoms with Crippen LogP contribution in [0, 0.1) is 0 Å². The van der Waals surface area contributed by atoms with Gasteiger partial charge in [0, 0.05) is 6.08 Å². The van der Waals surface area contributed by atoms with Crippen LogP contribution in [0.15, 0.2) is 60.7 Å². The fourth-order valence-electron chi connectivity index (χ4n) is 1.54. The molecule has 2 aromatic rings. The molecule has 19 heavy (non-hydrogen) atoms. The molecule has 0 amide bonds. The first-order valence-corrected chi connectivity index (χ1v) is 5.79. The fourth-order valence-corrected chi connectivity index (χ4v) is 1.54. The van der Waals surface area contributed by atoms with Crippen LogP contribution in [0.1, 0.15) is 15.9 Å². The van der Waals surface area contributed by atoms with E-state index >= 15 is 0 Å². The first-order valence-electron chi connectivity index (χ1n) is 5.79. The molecule has 0 bridgehead atoms. The normalized spacial score (nSPS) is 10.3. The highest BCUT2D eigenvalue weighted by Gasteiger charge is 2.05. The first-order chi connectivity index (χ1) is 9.29. The molecule has 0 heterocycles. The van der Waals surface area contributed by atoms with E-state index in [1.165, 1.54) is 6.08 Å². The average Bonchev–Trinajstić information content (AvgIpc) is 2.47. The Morgan fingerprint density at radius 3 is 2.37 bits per heavy atom. The molecule has 2 aromatic carbocycles. The summed E-state index contributed by atoms with van der Waals surface area (Å²) < 4.78 is 5.10. The Bertz CT molecular complexity index is 600. The van der Waals surface area contributed by atoms with E-state index in [-0.39, 0.29) is 5.75 Å². The number of benzene rings is 2. The van der Waals surface area contributed by atoms with Gasteiger partial charge in [-0.25, -0.2) is 4.79 Å². The van der Waals surface area contributed by atoms with Crippen LogP contribution in [0.25, 0.3) is 6.08 Å². The van der Waals surface area contributed by atoms with Gasteiger partial charge in [0.2, 0.25) is 0 Å². The molecule has 0 aliphatic carbocycles. The standard InChI is InChI=1S/C16H12O3/c17-12-14-8-4-5-9-15(14)19-16(18)11-10-13-6-2-1-3-7-13/h1-12H. The van der Waals surface area contributed by atoms with Gasteiger partial charge in [-0.05, 0) is 23.8 Å². The molecule has 0 spiro atoms. The Labute approximate surface area is 111 Å². The molecule has 0 saturated carbocycles. The Morgan fingerprint density at radius 2 is 1.63 bits per heavy atom. The van der Waals surface area contributed by atoms with Gasteiger partial charge in [-0.15, -0.1) is 0 Å². The van der Waals surface area contributed by atoms with Gasteiger partial charge < -0.3 is 4.74 Å². The summed E-state index contributed by atoms with van der Waals surface area (Å²) in [5, 5.41) is 0. The number of esters is 1. The largest absolute Gasteiger partial charge is 0.423 e. The lowest BCUT2D eigenvalue weighted by Crippen LogP contribution is -2.05. The van der Waals surface area contributed by atoms with Crippen molar-refractivity contribution in [3.05, 3.63) is 71.8 Å². The zero-order valence-electron chi connectivity index (χ0n) is 10.2. The molecule has 0 radical (unpaired) electrons. The zero-order chi connectivity index (χ0) is 13.5. The summed E-state index contributed by atoms with van der Waals surface area (Å²) >= 11 is 0. The van der Waals surface area contributed by atoms with E-state index in [4.69, 9.17) is 4.74 Å². The molecular formula is C16H12O3. The second-order valence-electron chi connectivity index (χ2n) is 3.82. The van der Waals surface area contributed by atoms with Gasteiger partial charge >= 0.3 is 5.97 Å². The van der Waals surface area contributed by atoms with Gasteiger partial charge in [0.1, 0.15) is 5.75 Å². The minimum Gasteiger partial charge on any atom is -0.423 e. The number of hydrogen-bond donors (Lipinski definition) is 0. The van der Waals surface area contributed by atoms with E-state index in [1.54, 1.807) is 30.3 Å². The molecule has 0 N–H and O–H groups in total. The predicted molar refractivity (Wildman–Crippen MR) is 72.9 cm³/mol. The Morgan fingerprint density at radius 1 is 0.947 bits per heavy atom. The zero-order valence-corrected chi connectivity index (χ0v) is 10.2. The second kappa shape index (κ2) is 6.31. The van der Waals surface area contributed by atoms with Gasteiger partial charge in [-0.1, -0.05) is 42.5 Å². The highest BCUT2D eigenvalue weighted by Crippen LogP contribution is 2.16. The summed E-state index contributed by atoms with van der Waals surface area (Å²) in [6, 6.07) is 16.0. The lowest BCUT2D eigenvalue weighted by Gasteiger charge is -2.03. The molecule has 0 aliphatic heterocycles.